The highest BCUT2D eigenvalue weighted by Gasteiger charge is 2.16. The van der Waals surface area contributed by atoms with Crippen LogP contribution in [0.5, 0.6) is 0 Å². The normalized spacial score (nSPS) is 12.8. The van der Waals surface area contributed by atoms with E-state index in [9.17, 15) is 4.79 Å². The third-order valence-corrected chi connectivity index (χ3v) is 3.31. The molecule has 5 nitrogen and oxygen atoms in total. The molecule has 102 valence electrons. The molecule has 1 unspecified atom stereocenters. The van der Waals surface area contributed by atoms with Crippen LogP contribution in [-0.2, 0) is 4.74 Å². The van der Waals surface area contributed by atoms with Crippen LogP contribution in [0.4, 0.5) is 0 Å². The van der Waals surface area contributed by atoms with Crippen LogP contribution in [0.2, 0.25) is 0 Å². The quantitative estimate of drug-likeness (QED) is 0.899. The first-order valence-corrected chi connectivity index (χ1v) is 6.29. The van der Waals surface area contributed by atoms with Crippen molar-refractivity contribution in [2.75, 3.05) is 13.7 Å². The Morgan fingerprint density at radius 2 is 2.26 bits per heavy atom. The zero-order valence-corrected chi connectivity index (χ0v) is 11.4. The second-order valence-electron chi connectivity index (χ2n) is 4.56. The van der Waals surface area contributed by atoms with E-state index in [1.807, 2.05) is 13.0 Å². The number of aromatic carboxylic acids is 1. The molecule has 0 fully saturated rings. The molecule has 0 spiro atoms. The van der Waals surface area contributed by atoms with Gasteiger partial charge in [-0.15, -0.1) is 0 Å². The molecule has 1 aromatic carbocycles. The maximum absolute atomic E-state index is 11.0. The Kier molecular flexibility index (Phi) is 3.85. The van der Waals surface area contributed by atoms with Gasteiger partial charge in [0.05, 0.1) is 29.2 Å². The van der Waals surface area contributed by atoms with Crippen LogP contribution in [0.15, 0.2) is 18.2 Å². The molecule has 0 saturated carbocycles. The third kappa shape index (κ3) is 2.46. The van der Waals surface area contributed by atoms with E-state index in [1.54, 1.807) is 19.2 Å². The molecule has 1 atom stereocenters. The van der Waals surface area contributed by atoms with E-state index in [1.165, 1.54) is 0 Å². The number of carbonyl (C=O) groups is 1. The number of carboxylic acids is 1. The Labute approximate surface area is 111 Å². The summed E-state index contributed by atoms with van der Waals surface area (Å²) in [6.45, 7) is 4.64. The molecule has 0 aliphatic rings. The van der Waals surface area contributed by atoms with Crippen LogP contribution < -0.4 is 0 Å². The van der Waals surface area contributed by atoms with Gasteiger partial charge >= 0.3 is 5.97 Å². The van der Waals surface area contributed by atoms with Crippen molar-refractivity contribution in [3.63, 3.8) is 0 Å². The Morgan fingerprint density at radius 3 is 2.84 bits per heavy atom. The average molecular weight is 262 g/mol. The van der Waals surface area contributed by atoms with Gasteiger partial charge in [-0.2, -0.15) is 0 Å². The fourth-order valence-corrected chi connectivity index (χ4v) is 2.38. The van der Waals surface area contributed by atoms with E-state index in [-0.39, 0.29) is 11.6 Å². The Balaban J connectivity index is 2.55. The van der Waals surface area contributed by atoms with E-state index < -0.39 is 5.97 Å². The van der Waals surface area contributed by atoms with Gasteiger partial charge in [0, 0.05) is 7.11 Å². The van der Waals surface area contributed by atoms with Crippen molar-refractivity contribution < 1.29 is 14.6 Å². The maximum atomic E-state index is 11.0. The van der Waals surface area contributed by atoms with Gasteiger partial charge in [-0.05, 0) is 31.5 Å². The molecule has 1 aromatic heterocycles. The van der Waals surface area contributed by atoms with Crippen molar-refractivity contribution in [1.29, 1.82) is 0 Å². The molecule has 0 amide bonds. The zero-order valence-electron chi connectivity index (χ0n) is 11.4. The van der Waals surface area contributed by atoms with Crippen molar-refractivity contribution >= 4 is 17.0 Å². The molecule has 2 aromatic rings. The summed E-state index contributed by atoms with van der Waals surface area (Å²) in [7, 11) is 1.68. The van der Waals surface area contributed by atoms with Crippen molar-refractivity contribution in [3.8, 4) is 0 Å². The summed E-state index contributed by atoms with van der Waals surface area (Å²) < 4.78 is 7.36. The van der Waals surface area contributed by atoms with Crippen molar-refractivity contribution in [2.45, 2.75) is 26.3 Å². The van der Waals surface area contributed by atoms with Gasteiger partial charge in [-0.1, -0.05) is 6.92 Å². The van der Waals surface area contributed by atoms with Crippen LogP contribution in [0, 0.1) is 6.92 Å². The fourth-order valence-electron chi connectivity index (χ4n) is 2.38. The lowest BCUT2D eigenvalue weighted by Gasteiger charge is -2.18. The topological polar surface area (TPSA) is 64.4 Å². The van der Waals surface area contributed by atoms with Gasteiger partial charge in [-0.25, -0.2) is 9.78 Å². The van der Waals surface area contributed by atoms with E-state index >= 15 is 0 Å². The summed E-state index contributed by atoms with van der Waals surface area (Å²) in [5, 5.41) is 9.01. The summed E-state index contributed by atoms with van der Waals surface area (Å²) in [6.07, 6.45) is 0.931. The molecule has 0 saturated heterocycles. The smallest absolute Gasteiger partial charge is 0.335 e. The molecule has 19 heavy (non-hydrogen) atoms. The van der Waals surface area contributed by atoms with E-state index in [0.717, 1.165) is 17.8 Å². The first-order valence-electron chi connectivity index (χ1n) is 6.29. The second kappa shape index (κ2) is 5.40. The molecule has 5 heteroatoms. The zero-order chi connectivity index (χ0) is 14.0. The SMILES string of the molecule is CCC(COC)n1c(C)nc2cc(C(=O)O)ccc21. The lowest BCUT2D eigenvalue weighted by Crippen LogP contribution is -2.15. The number of methoxy groups -OCH3 is 1. The van der Waals surface area contributed by atoms with Gasteiger partial charge in [0.1, 0.15) is 5.82 Å². The molecular weight excluding hydrogens is 244 g/mol. The van der Waals surface area contributed by atoms with Crippen LogP contribution in [0.3, 0.4) is 0 Å². The lowest BCUT2D eigenvalue weighted by atomic mass is 10.2. The number of fused-ring (bicyclic) bond motifs is 1. The average Bonchev–Trinajstić information content (AvgIpc) is 2.71. The van der Waals surface area contributed by atoms with Gasteiger partial charge in [0.2, 0.25) is 0 Å². The summed E-state index contributed by atoms with van der Waals surface area (Å²) in [6, 6.07) is 5.25. The van der Waals surface area contributed by atoms with Crippen LogP contribution >= 0.6 is 0 Å². The summed E-state index contributed by atoms with van der Waals surface area (Å²) in [5.41, 5.74) is 1.93. The van der Waals surface area contributed by atoms with Gasteiger partial charge in [0.15, 0.2) is 0 Å². The fraction of sp³-hybridized carbons (Fsp3) is 0.429. The highest BCUT2D eigenvalue weighted by molar-refractivity contribution is 5.92. The molecule has 0 aliphatic heterocycles. The second-order valence-corrected chi connectivity index (χ2v) is 4.56. The number of hydrogen-bond donors (Lipinski definition) is 1. The number of aromatic nitrogens is 2. The standard InChI is InChI=1S/C14H18N2O3/c1-4-11(8-19-3)16-9(2)15-12-7-10(14(17)18)5-6-13(12)16/h5-7,11H,4,8H2,1-3H3,(H,17,18). The number of carboxylic acid groups (broad SMARTS) is 1. The van der Waals surface area contributed by atoms with Crippen LogP contribution in [-0.4, -0.2) is 34.3 Å². The number of benzene rings is 1. The van der Waals surface area contributed by atoms with Gasteiger partial charge in [0.25, 0.3) is 0 Å². The Morgan fingerprint density at radius 1 is 1.53 bits per heavy atom. The number of imidazole rings is 1. The number of hydrogen-bond acceptors (Lipinski definition) is 3. The third-order valence-electron chi connectivity index (χ3n) is 3.31. The highest BCUT2D eigenvalue weighted by Crippen LogP contribution is 2.24. The Bertz CT molecular complexity index is 604. The molecule has 0 bridgehead atoms. The molecule has 1 N–H and O–H groups in total. The number of ether oxygens (including phenoxy) is 1. The minimum Gasteiger partial charge on any atom is -0.478 e. The molecule has 0 radical (unpaired) electrons. The van der Waals surface area contributed by atoms with Crippen LogP contribution in [0.25, 0.3) is 11.0 Å². The van der Waals surface area contributed by atoms with E-state index in [4.69, 9.17) is 9.84 Å². The van der Waals surface area contributed by atoms with Gasteiger partial charge in [-0.3, -0.25) is 0 Å². The first-order chi connectivity index (χ1) is 9.08. The predicted octanol–water partition coefficient (Wildman–Crippen LogP) is 2.64. The van der Waals surface area contributed by atoms with Gasteiger partial charge < -0.3 is 14.4 Å². The van der Waals surface area contributed by atoms with E-state index in [2.05, 4.69) is 16.5 Å². The molecule has 0 aliphatic carbocycles. The monoisotopic (exact) mass is 262 g/mol. The molecule has 1 heterocycles. The summed E-state index contributed by atoms with van der Waals surface area (Å²) in [4.78, 5) is 15.4. The highest BCUT2D eigenvalue weighted by atomic mass is 16.5. The molecule has 2 rings (SSSR count). The molecular formula is C14H18N2O3. The summed E-state index contributed by atoms with van der Waals surface area (Å²) in [5.74, 6) is -0.0560. The number of nitrogens with zero attached hydrogens (tertiary/aromatic N) is 2. The van der Waals surface area contributed by atoms with Crippen molar-refractivity contribution in [2.24, 2.45) is 0 Å². The maximum Gasteiger partial charge on any atom is 0.335 e. The summed E-state index contributed by atoms with van der Waals surface area (Å²) >= 11 is 0. The van der Waals surface area contributed by atoms with Crippen molar-refractivity contribution in [3.05, 3.63) is 29.6 Å². The Hall–Kier alpha value is -1.88. The predicted molar refractivity (Wildman–Crippen MR) is 72.6 cm³/mol. The lowest BCUT2D eigenvalue weighted by molar-refractivity contribution is 0.0697. The minimum absolute atomic E-state index is 0.214. The minimum atomic E-state index is -0.932. The number of rotatable bonds is 5. The van der Waals surface area contributed by atoms with E-state index in [0.29, 0.717) is 12.1 Å². The first kappa shape index (κ1) is 13.5. The van der Waals surface area contributed by atoms with Crippen molar-refractivity contribution in [1.82, 2.24) is 9.55 Å². The number of aryl methyl sites for hydroxylation is 1. The largest absolute Gasteiger partial charge is 0.478 e. The van der Waals surface area contributed by atoms with Crippen LogP contribution in [0.1, 0.15) is 35.6 Å².